The van der Waals surface area contributed by atoms with E-state index in [1.54, 1.807) is 12.1 Å². The van der Waals surface area contributed by atoms with Gasteiger partial charge in [-0.3, -0.25) is 9.67 Å². The van der Waals surface area contributed by atoms with Crippen molar-refractivity contribution in [1.82, 2.24) is 14.8 Å². The van der Waals surface area contributed by atoms with Gasteiger partial charge >= 0.3 is 0 Å². The molecular formula is C11H9Cl2N3S. The van der Waals surface area contributed by atoms with Crippen LogP contribution in [0.4, 0.5) is 0 Å². The molecule has 6 heteroatoms. The summed E-state index contributed by atoms with van der Waals surface area (Å²) in [6.07, 6.45) is 2.26. The lowest BCUT2D eigenvalue weighted by Crippen LogP contribution is -1.98. The van der Waals surface area contributed by atoms with Crippen molar-refractivity contribution in [3.63, 3.8) is 0 Å². The zero-order chi connectivity index (χ0) is 12.0. The molecule has 17 heavy (non-hydrogen) atoms. The third-order valence-electron chi connectivity index (χ3n) is 2.80. The molecule has 2 aromatic rings. The molecule has 1 aliphatic carbocycles. The normalized spacial score (nSPS) is 15.2. The van der Waals surface area contributed by atoms with Gasteiger partial charge in [0.25, 0.3) is 0 Å². The zero-order valence-electron chi connectivity index (χ0n) is 8.78. The van der Waals surface area contributed by atoms with Crippen LogP contribution in [0.15, 0.2) is 18.2 Å². The number of aromatic nitrogens is 3. The Kier molecular flexibility index (Phi) is 2.73. The molecular weight excluding hydrogens is 277 g/mol. The van der Waals surface area contributed by atoms with Crippen molar-refractivity contribution in [2.24, 2.45) is 0 Å². The van der Waals surface area contributed by atoms with Crippen molar-refractivity contribution in [2.45, 2.75) is 18.9 Å². The van der Waals surface area contributed by atoms with Crippen LogP contribution in [-0.4, -0.2) is 14.8 Å². The monoisotopic (exact) mass is 285 g/mol. The van der Waals surface area contributed by atoms with E-state index in [-0.39, 0.29) is 0 Å². The summed E-state index contributed by atoms with van der Waals surface area (Å²) in [6, 6.07) is 5.86. The van der Waals surface area contributed by atoms with Crippen molar-refractivity contribution in [2.75, 3.05) is 0 Å². The van der Waals surface area contributed by atoms with Gasteiger partial charge in [0.05, 0.1) is 15.6 Å². The van der Waals surface area contributed by atoms with E-state index in [4.69, 9.17) is 35.4 Å². The summed E-state index contributed by atoms with van der Waals surface area (Å²) in [4.78, 5) is 0. The molecule has 88 valence electrons. The lowest BCUT2D eigenvalue weighted by molar-refractivity contribution is 0.735. The van der Waals surface area contributed by atoms with Crippen LogP contribution in [0.2, 0.25) is 10.0 Å². The minimum Gasteiger partial charge on any atom is -0.297 e. The van der Waals surface area contributed by atoms with E-state index >= 15 is 0 Å². The second kappa shape index (κ2) is 4.12. The van der Waals surface area contributed by atoms with Crippen molar-refractivity contribution in [3.05, 3.63) is 33.0 Å². The number of rotatable bonds is 2. The zero-order valence-corrected chi connectivity index (χ0v) is 11.1. The van der Waals surface area contributed by atoms with Crippen molar-refractivity contribution in [1.29, 1.82) is 0 Å². The van der Waals surface area contributed by atoms with Gasteiger partial charge in [-0.1, -0.05) is 29.3 Å². The molecule has 0 aliphatic heterocycles. The molecule has 1 saturated carbocycles. The molecule has 3 nitrogen and oxygen atoms in total. The summed E-state index contributed by atoms with van der Waals surface area (Å²) in [5.74, 6) is 0.730. The van der Waals surface area contributed by atoms with Gasteiger partial charge in [-0.2, -0.15) is 5.10 Å². The molecule has 1 aromatic heterocycles. The minimum absolute atomic E-state index is 0.434. The first-order chi connectivity index (χ1) is 8.18. The number of nitrogens with zero attached hydrogens (tertiary/aromatic N) is 2. The highest BCUT2D eigenvalue weighted by Crippen LogP contribution is 2.41. The third kappa shape index (κ3) is 1.90. The van der Waals surface area contributed by atoms with Gasteiger partial charge in [0, 0.05) is 6.04 Å². The molecule has 1 aliphatic rings. The van der Waals surface area contributed by atoms with Crippen molar-refractivity contribution >= 4 is 35.4 Å². The summed E-state index contributed by atoms with van der Waals surface area (Å²) in [5.41, 5.74) is 0.745. The van der Waals surface area contributed by atoms with Gasteiger partial charge in [0.15, 0.2) is 10.6 Å². The fraction of sp³-hybridized carbons (Fsp3) is 0.273. The number of hydrogen-bond acceptors (Lipinski definition) is 2. The predicted octanol–water partition coefficient (Wildman–Crippen LogP) is 4.25. The molecule has 1 aromatic carbocycles. The van der Waals surface area contributed by atoms with Gasteiger partial charge in [-0.25, -0.2) is 0 Å². The smallest absolute Gasteiger partial charge is 0.195 e. The minimum atomic E-state index is 0.434. The van der Waals surface area contributed by atoms with E-state index in [9.17, 15) is 0 Å². The number of hydrogen-bond donors (Lipinski definition) is 1. The van der Waals surface area contributed by atoms with Gasteiger partial charge in [0.2, 0.25) is 0 Å². The quantitative estimate of drug-likeness (QED) is 0.837. The highest BCUT2D eigenvalue weighted by atomic mass is 35.5. The van der Waals surface area contributed by atoms with Crippen LogP contribution in [0.5, 0.6) is 0 Å². The summed E-state index contributed by atoms with van der Waals surface area (Å²) < 4.78 is 2.63. The van der Waals surface area contributed by atoms with E-state index in [1.165, 1.54) is 0 Å². The fourth-order valence-electron chi connectivity index (χ4n) is 1.86. The summed E-state index contributed by atoms with van der Waals surface area (Å²) in [7, 11) is 0. The second-order valence-corrected chi connectivity index (χ2v) is 5.25. The Morgan fingerprint density at radius 1 is 1.29 bits per heavy atom. The van der Waals surface area contributed by atoms with E-state index in [0.29, 0.717) is 20.9 Å². The van der Waals surface area contributed by atoms with Crippen LogP contribution in [0, 0.1) is 4.77 Å². The first kappa shape index (κ1) is 11.3. The van der Waals surface area contributed by atoms with Gasteiger partial charge < -0.3 is 0 Å². The summed E-state index contributed by atoms with van der Waals surface area (Å²) in [6.45, 7) is 0. The standard InChI is InChI=1S/C11H9Cl2N3S/c12-7-2-1-3-8(13)9(7)10-14-15-11(17)16(10)6-4-5-6/h1-3,6H,4-5H2,(H,15,17). The maximum absolute atomic E-state index is 6.18. The lowest BCUT2D eigenvalue weighted by Gasteiger charge is -2.08. The van der Waals surface area contributed by atoms with Crippen LogP contribution in [0.25, 0.3) is 11.4 Å². The van der Waals surface area contributed by atoms with Crippen LogP contribution in [0.3, 0.4) is 0 Å². The number of nitrogens with one attached hydrogen (secondary N) is 1. The highest BCUT2D eigenvalue weighted by Gasteiger charge is 2.29. The van der Waals surface area contributed by atoms with Gasteiger partial charge in [-0.15, -0.1) is 0 Å². The highest BCUT2D eigenvalue weighted by molar-refractivity contribution is 7.71. The Balaban J connectivity index is 2.25. The predicted molar refractivity (Wildman–Crippen MR) is 71.1 cm³/mol. The Morgan fingerprint density at radius 3 is 2.53 bits per heavy atom. The van der Waals surface area contributed by atoms with Gasteiger partial charge in [-0.05, 0) is 37.2 Å². The molecule has 0 spiro atoms. The largest absolute Gasteiger partial charge is 0.297 e. The molecule has 0 saturated heterocycles. The topological polar surface area (TPSA) is 33.6 Å². The Hall–Kier alpha value is -0.840. The second-order valence-electron chi connectivity index (χ2n) is 4.05. The average molecular weight is 286 g/mol. The third-order valence-corrected chi connectivity index (χ3v) is 3.72. The van der Waals surface area contributed by atoms with E-state index < -0.39 is 0 Å². The number of aromatic amines is 1. The lowest BCUT2D eigenvalue weighted by atomic mass is 10.2. The first-order valence-electron chi connectivity index (χ1n) is 5.30. The molecule has 3 rings (SSSR count). The summed E-state index contributed by atoms with van der Waals surface area (Å²) in [5, 5.41) is 8.24. The van der Waals surface area contributed by atoms with E-state index in [0.717, 1.165) is 24.2 Å². The Labute approximate surface area is 113 Å². The Morgan fingerprint density at radius 2 is 1.94 bits per heavy atom. The average Bonchev–Trinajstić information content (AvgIpc) is 3.04. The van der Waals surface area contributed by atoms with Crippen LogP contribution >= 0.6 is 35.4 Å². The molecule has 0 bridgehead atoms. The maximum atomic E-state index is 6.18. The van der Waals surface area contributed by atoms with E-state index in [1.807, 2.05) is 10.6 Å². The van der Waals surface area contributed by atoms with Crippen LogP contribution in [0.1, 0.15) is 18.9 Å². The summed E-state index contributed by atoms with van der Waals surface area (Å²) >= 11 is 17.6. The maximum Gasteiger partial charge on any atom is 0.195 e. The number of benzene rings is 1. The Bertz CT molecular complexity index is 608. The first-order valence-corrected chi connectivity index (χ1v) is 6.46. The number of halogens is 2. The number of H-pyrrole nitrogens is 1. The van der Waals surface area contributed by atoms with E-state index in [2.05, 4.69) is 10.2 Å². The molecule has 0 radical (unpaired) electrons. The SMILES string of the molecule is S=c1[nH]nc(-c2c(Cl)cccc2Cl)n1C1CC1. The van der Waals surface area contributed by atoms with Gasteiger partial charge in [0.1, 0.15) is 0 Å². The molecule has 0 atom stereocenters. The fourth-order valence-corrected chi connectivity index (χ4v) is 2.71. The van der Waals surface area contributed by atoms with Crippen LogP contribution in [-0.2, 0) is 0 Å². The molecule has 1 N–H and O–H groups in total. The van der Waals surface area contributed by atoms with Crippen LogP contribution < -0.4 is 0 Å². The molecule has 1 heterocycles. The molecule has 1 fully saturated rings. The van der Waals surface area contributed by atoms with Crippen molar-refractivity contribution < 1.29 is 0 Å². The molecule has 0 unspecified atom stereocenters. The molecule has 0 amide bonds. The van der Waals surface area contributed by atoms with Crippen molar-refractivity contribution in [3.8, 4) is 11.4 Å².